The molecule has 0 spiro atoms. The standard InChI is InChI=1S/C31H40N4O4/c1-31(2,3)39-30(36)35-17-13-21(14-18-35)20-37-22-11-12-26-24(19-22)28-29(38-26)27(32-15-8-16-34(4)5)23-9-6-7-10-25(23)33-28/h6-7,9-12,19,21H,8,13-18,20H2,1-5H3,(H,32,33). The zero-order valence-electron chi connectivity index (χ0n) is 23.8. The van der Waals surface area contributed by atoms with Crippen molar-refractivity contribution >= 4 is 44.8 Å². The Morgan fingerprint density at radius 2 is 1.90 bits per heavy atom. The Labute approximate surface area is 230 Å². The fraction of sp³-hybridized carbons (Fsp3) is 0.484. The Morgan fingerprint density at radius 1 is 1.13 bits per heavy atom. The Balaban J connectivity index is 1.30. The molecule has 0 radical (unpaired) electrons. The minimum Gasteiger partial charge on any atom is -0.493 e. The lowest BCUT2D eigenvalue weighted by atomic mass is 9.98. The van der Waals surface area contributed by atoms with Gasteiger partial charge in [-0.1, -0.05) is 18.2 Å². The largest absolute Gasteiger partial charge is 0.493 e. The Morgan fingerprint density at radius 3 is 2.64 bits per heavy atom. The highest BCUT2D eigenvalue weighted by Gasteiger charge is 2.27. The number of furan rings is 1. The average molecular weight is 533 g/mol. The summed E-state index contributed by atoms with van der Waals surface area (Å²) in [4.78, 5) is 21.3. The minimum absolute atomic E-state index is 0.231. The smallest absolute Gasteiger partial charge is 0.410 e. The van der Waals surface area contributed by atoms with Gasteiger partial charge in [0.05, 0.1) is 23.2 Å². The van der Waals surface area contributed by atoms with Crippen LogP contribution >= 0.6 is 0 Å². The van der Waals surface area contributed by atoms with Crippen molar-refractivity contribution in [2.24, 2.45) is 5.92 Å². The number of rotatable bonds is 8. The van der Waals surface area contributed by atoms with Crippen molar-refractivity contribution in [2.45, 2.75) is 45.6 Å². The van der Waals surface area contributed by atoms with E-state index < -0.39 is 5.60 Å². The summed E-state index contributed by atoms with van der Waals surface area (Å²) in [5.41, 5.74) is 3.87. The number of anilines is 1. The van der Waals surface area contributed by atoms with E-state index in [9.17, 15) is 4.79 Å². The quantitative estimate of drug-likeness (QED) is 0.259. The predicted octanol–water partition coefficient (Wildman–Crippen LogP) is 6.52. The average Bonchev–Trinajstić information content (AvgIpc) is 3.26. The topological polar surface area (TPSA) is 80.1 Å². The van der Waals surface area contributed by atoms with Crippen LogP contribution in [0.1, 0.15) is 40.0 Å². The van der Waals surface area contributed by atoms with E-state index in [2.05, 4.69) is 30.4 Å². The van der Waals surface area contributed by atoms with Crippen LogP contribution in [0.5, 0.6) is 5.75 Å². The third kappa shape index (κ3) is 6.38. The molecule has 1 amide bonds. The maximum absolute atomic E-state index is 12.4. The molecule has 208 valence electrons. The van der Waals surface area contributed by atoms with E-state index in [1.54, 1.807) is 4.90 Å². The van der Waals surface area contributed by atoms with Gasteiger partial charge in [-0.3, -0.25) is 0 Å². The van der Waals surface area contributed by atoms with E-state index in [1.165, 1.54) is 0 Å². The van der Waals surface area contributed by atoms with Crippen molar-refractivity contribution in [1.29, 1.82) is 0 Å². The van der Waals surface area contributed by atoms with Gasteiger partial charge in [0.1, 0.15) is 22.5 Å². The monoisotopic (exact) mass is 532 g/mol. The van der Waals surface area contributed by atoms with E-state index in [-0.39, 0.29) is 6.09 Å². The first-order valence-corrected chi connectivity index (χ1v) is 13.9. The molecule has 8 heteroatoms. The first kappa shape index (κ1) is 27.1. The molecule has 1 aliphatic heterocycles. The molecule has 3 heterocycles. The van der Waals surface area contributed by atoms with Crippen LogP contribution in [0, 0.1) is 5.92 Å². The number of piperidine rings is 1. The number of nitrogens with one attached hydrogen (secondary N) is 1. The SMILES string of the molecule is CN(C)CCCNc1c2ccccc2nc2c1oc1ccc(OCC3CCN(C(=O)OC(C)(C)C)CC3)cc12. The number of pyridine rings is 1. The van der Waals surface area contributed by atoms with Crippen molar-refractivity contribution in [3.63, 3.8) is 0 Å². The van der Waals surface area contributed by atoms with Gasteiger partial charge in [0.2, 0.25) is 0 Å². The van der Waals surface area contributed by atoms with E-state index in [1.807, 2.05) is 57.2 Å². The van der Waals surface area contributed by atoms with Gasteiger partial charge < -0.3 is 29.0 Å². The highest BCUT2D eigenvalue weighted by atomic mass is 16.6. The second kappa shape index (κ2) is 11.3. The van der Waals surface area contributed by atoms with Gasteiger partial charge in [0, 0.05) is 25.0 Å². The number of para-hydroxylation sites is 1. The Bertz CT molecular complexity index is 1450. The number of likely N-dealkylation sites (tertiary alicyclic amines) is 1. The number of carbonyl (C=O) groups excluding carboxylic acids is 1. The van der Waals surface area contributed by atoms with E-state index in [0.717, 1.165) is 76.8 Å². The summed E-state index contributed by atoms with van der Waals surface area (Å²) >= 11 is 0. The number of amides is 1. The number of fused-ring (bicyclic) bond motifs is 4. The second-order valence-corrected chi connectivity index (χ2v) is 11.7. The molecular formula is C31H40N4O4. The molecule has 2 aromatic heterocycles. The van der Waals surface area contributed by atoms with Crippen LogP contribution in [0.25, 0.3) is 33.0 Å². The number of aromatic nitrogens is 1. The number of ether oxygens (including phenoxy) is 2. The summed E-state index contributed by atoms with van der Waals surface area (Å²) in [5, 5.41) is 5.63. The first-order chi connectivity index (χ1) is 18.7. The molecule has 8 nitrogen and oxygen atoms in total. The third-order valence-electron chi connectivity index (χ3n) is 7.10. The van der Waals surface area contributed by atoms with E-state index in [0.29, 0.717) is 25.6 Å². The summed E-state index contributed by atoms with van der Waals surface area (Å²) in [6.07, 6.45) is 2.59. The lowest BCUT2D eigenvalue weighted by molar-refractivity contribution is 0.0165. The highest BCUT2D eigenvalue weighted by Crippen LogP contribution is 2.38. The molecule has 0 unspecified atom stereocenters. The molecule has 0 bridgehead atoms. The molecule has 4 aromatic rings. The van der Waals surface area contributed by atoms with Gasteiger partial charge in [-0.15, -0.1) is 0 Å². The van der Waals surface area contributed by atoms with Crippen LogP contribution in [-0.2, 0) is 4.74 Å². The van der Waals surface area contributed by atoms with E-state index >= 15 is 0 Å². The zero-order chi connectivity index (χ0) is 27.6. The number of nitrogens with zero attached hydrogens (tertiary/aromatic N) is 3. The molecule has 1 aliphatic rings. The van der Waals surface area contributed by atoms with Gasteiger partial charge >= 0.3 is 6.09 Å². The number of hydrogen-bond acceptors (Lipinski definition) is 7. The molecule has 0 aliphatic carbocycles. The normalized spacial score (nSPS) is 15.0. The Kier molecular flexibility index (Phi) is 7.84. The molecule has 0 atom stereocenters. The minimum atomic E-state index is -0.475. The van der Waals surface area contributed by atoms with Crippen LogP contribution in [0.2, 0.25) is 0 Å². The number of benzene rings is 2. The van der Waals surface area contributed by atoms with Gasteiger partial charge in [-0.25, -0.2) is 9.78 Å². The fourth-order valence-corrected chi connectivity index (χ4v) is 5.07. The van der Waals surface area contributed by atoms with Crippen molar-refractivity contribution in [1.82, 2.24) is 14.8 Å². The van der Waals surface area contributed by atoms with Crippen LogP contribution in [0.4, 0.5) is 10.5 Å². The molecular weight excluding hydrogens is 492 g/mol. The summed E-state index contributed by atoms with van der Waals surface area (Å²) in [7, 11) is 4.18. The van der Waals surface area contributed by atoms with E-state index in [4.69, 9.17) is 18.9 Å². The predicted molar refractivity (Wildman–Crippen MR) is 157 cm³/mol. The van der Waals surface area contributed by atoms with Crippen LogP contribution in [0.15, 0.2) is 46.9 Å². The molecule has 1 fully saturated rings. The zero-order valence-corrected chi connectivity index (χ0v) is 23.8. The molecule has 5 rings (SSSR count). The molecule has 1 saturated heterocycles. The van der Waals surface area contributed by atoms with Gasteiger partial charge in [0.25, 0.3) is 0 Å². The highest BCUT2D eigenvalue weighted by molar-refractivity contribution is 6.14. The molecule has 0 saturated carbocycles. The van der Waals surface area contributed by atoms with Gasteiger partial charge in [-0.05, 0) is 90.9 Å². The third-order valence-corrected chi connectivity index (χ3v) is 7.10. The summed E-state index contributed by atoms with van der Waals surface area (Å²) < 4.78 is 18.1. The van der Waals surface area contributed by atoms with Gasteiger partial charge in [-0.2, -0.15) is 0 Å². The van der Waals surface area contributed by atoms with Crippen LogP contribution in [-0.4, -0.2) is 73.4 Å². The fourth-order valence-electron chi connectivity index (χ4n) is 5.07. The van der Waals surface area contributed by atoms with Crippen molar-refractivity contribution < 1.29 is 18.7 Å². The second-order valence-electron chi connectivity index (χ2n) is 11.7. The van der Waals surface area contributed by atoms with Crippen LogP contribution < -0.4 is 10.1 Å². The Hall–Kier alpha value is -3.52. The van der Waals surface area contributed by atoms with Crippen molar-refractivity contribution in [2.75, 3.05) is 52.2 Å². The summed E-state index contributed by atoms with van der Waals surface area (Å²) in [6.45, 7) is 9.54. The number of hydrogen-bond donors (Lipinski definition) is 1. The van der Waals surface area contributed by atoms with Gasteiger partial charge in [0.15, 0.2) is 5.58 Å². The maximum atomic E-state index is 12.4. The van der Waals surface area contributed by atoms with Crippen LogP contribution in [0.3, 0.4) is 0 Å². The summed E-state index contributed by atoms with van der Waals surface area (Å²) in [6, 6.07) is 14.2. The maximum Gasteiger partial charge on any atom is 0.410 e. The number of carbonyl (C=O) groups is 1. The van der Waals surface area contributed by atoms with Crippen molar-refractivity contribution in [3.05, 3.63) is 42.5 Å². The molecule has 1 N–H and O–H groups in total. The lowest BCUT2D eigenvalue weighted by Gasteiger charge is -2.33. The molecule has 39 heavy (non-hydrogen) atoms. The van der Waals surface area contributed by atoms with Crippen molar-refractivity contribution in [3.8, 4) is 5.75 Å². The lowest BCUT2D eigenvalue weighted by Crippen LogP contribution is -2.42. The molecule has 2 aromatic carbocycles. The first-order valence-electron chi connectivity index (χ1n) is 13.9. The summed E-state index contributed by atoms with van der Waals surface area (Å²) in [5.74, 6) is 1.19.